The van der Waals surface area contributed by atoms with Crippen molar-refractivity contribution in [3.63, 3.8) is 0 Å². The van der Waals surface area contributed by atoms with Crippen LogP contribution in [0.4, 0.5) is 0 Å². The summed E-state index contributed by atoms with van der Waals surface area (Å²) >= 11 is 0. The van der Waals surface area contributed by atoms with Crippen LogP contribution in [0.25, 0.3) is 0 Å². The third kappa shape index (κ3) is 5.73. The maximum atomic E-state index is 11.3. The van der Waals surface area contributed by atoms with Crippen molar-refractivity contribution >= 4 is 12.3 Å². The molecule has 14 heavy (non-hydrogen) atoms. The van der Waals surface area contributed by atoms with E-state index in [2.05, 4.69) is 6.92 Å². The molecular formula is C11H21NO2. The summed E-state index contributed by atoms with van der Waals surface area (Å²) in [7, 11) is 0. The average molecular weight is 199 g/mol. The maximum Gasteiger partial charge on any atom is 0.228 e. The van der Waals surface area contributed by atoms with Crippen molar-refractivity contribution in [2.75, 3.05) is 6.54 Å². The molecule has 3 heteroatoms. The van der Waals surface area contributed by atoms with Crippen LogP contribution in [0.3, 0.4) is 0 Å². The Kier molecular flexibility index (Phi) is 8.19. The van der Waals surface area contributed by atoms with Gasteiger partial charge in [-0.25, -0.2) is 0 Å². The van der Waals surface area contributed by atoms with Crippen LogP contribution in [0.5, 0.6) is 0 Å². The highest BCUT2D eigenvalue weighted by atomic mass is 16.2. The predicted octanol–water partition coefficient (Wildman–Crippen LogP) is 2.35. The molecule has 0 aromatic carbocycles. The van der Waals surface area contributed by atoms with Gasteiger partial charge >= 0.3 is 0 Å². The number of amides is 2. The zero-order chi connectivity index (χ0) is 10.8. The van der Waals surface area contributed by atoms with E-state index >= 15 is 0 Å². The SMILES string of the molecule is CCCCCCN(C=O)C(=O)CCC. The van der Waals surface area contributed by atoms with Gasteiger partial charge in [-0.05, 0) is 12.8 Å². The second-order valence-corrected chi connectivity index (χ2v) is 3.50. The molecule has 2 amide bonds. The van der Waals surface area contributed by atoms with Crippen molar-refractivity contribution in [3.05, 3.63) is 0 Å². The molecular weight excluding hydrogens is 178 g/mol. The van der Waals surface area contributed by atoms with Gasteiger partial charge in [-0.15, -0.1) is 0 Å². The van der Waals surface area contributed by atoms with E-state index in [4.69, 9.17) is 0 Å². The van der Waals surface area contributed by atoms with Crippen LogP contribution in [0, 0.1) is 0 Å². The van der Waals surface area contributed by atoms with Crippen LogP contribution in [0.2, 0.25) is 0 Å². The molecule has 0 saturated carbocycles. The molecule has 0 radical (unpaired) electrons. The predicted molar refractivity (Wildman–Crippen MR) is 56.8 cm³/mol. The first-order valence-corrected chi connectivity index (χ1v) is 5.51. The zero-order valence-corrected chi connectivity index (χ0v) is 9.29. The summed E-state index contributed by atoms with van der Waals surface area (Å²) in [6.45, 7) is 4.67. The first-order valence-electron chi connectivity index (χ1n) is 5.51. The molecule has 0 unspecified atom stereocenters. The van der Waals surface area contributed by atoms with Crippen LogP contribution in [0.15, 0.2) is 0 Å². The minimum Gasteiger partial charge on any atom is -0.285 e. The molecule has 0 aliphatic heterocycles. The van der Waals surface area contributed by atoms with Gasteiger partial charge in [0.05, 0.1) is 0 Å². The fraction of sp³-hybridized carbons (Fsp3) is 0.818. The molecule has 0 aromatic heterocycles. The van der Waals surface area contributed by atoms with Gasteiger partial charge in [0, 0.05) is 13.0 Å². The van der Waals surface area contributed by atoms with Gasteiger partial charge < -0.3 is 0 Å². The van der Waals surface area contributed by atoms with Gasteiger partial charge in [0.2, 0.25) is 12.3 Å². The number of unbranched alkanes of at least 4 members (excludes halogenated alkanes) is 3. The lowest BCUT2D eigenvalue weighted by molar-refractivity contribution is -0.138. The van der Waals surface area contributed by atoms with Crippen LogP contribution < -0.4 is 0 Å². The summed E-state index contributed by atoms with van der Waals surface area (Å²) in [5, 5.41) is 0. The number of carbonyl (C=O) groups is 2. The van der Waals surface area contributed by atoms with E-state index in [1.165, 1.54) is 17.7 Å². The van der Waals surface area contributed by atoms with Gasteiger partial charge in [0.15, 0.2) is 0 Å². The Morgan fingerprint density at radius 2 is 1.86 bits per heavy atom. The quantitative estimate of drug-likeness (QED) is 0.444. The lowest BCUT2D eigenvalue weighted by Crippen LogP contribution is -2.30. The molecule has 0 heterocycles. The summed E-state index contributed by atoms with van der Waals surface area (Å²) in [5.41, 5.74) is 0. The van der Waals surface area contributed by atoms with E-state index in [-0.39, 0.29) is 5.91 Å². The molecule has 3 nitrogen and oxygen atoms in total. The number of imide groups is 1. The van der Waals surface area contributed by atoms with Gasteiger partial charge in [0.25, 0.3) is 0 Å². The summed E-state index contributed by atoms with van der Waals surface area (Å²) in [5.74, 6) is -0.0426. The van der Waals surface area contributed by atoms with Crippen LogP contribution >= 0.6 is 0 Å². The minimum absolute atomic E-state index is 0.0426. The van der Waals surface area contributed by atoms with Crippen LogP contribution in [-0.4, -0.2) is 23.8 Å². The number of carbonyl (C=O) groups excluding carboxylic acids is 2. The number of rotatable bonds is 8. The van der Waals surface area contributed by atoms with Gasteiger partial charge in [-0.2, -0.15) is 0 Å². The zero-order valence-electron chi connectivity index (χ0n) is 9.29. The number of hydrogen-bond donors (Lipinski definition) is 0. The Hall–Kier alpha value is -0.860. The Morgan fingerprint density at radius 3 is 2.36 bits per heavy atom. The van der Waals surface area contributed by atoms with Crippen molar-refractivity contribution in [1.29, 1.82) is 0 Å². The Morgan fingerprint density at radius 1 is 1.14 bits per heavy atom. The van der Waals surface area contributed by atoms with Gasteiger partial charge in [-0.1, -0.05) is 33.1 Å². The lowest BCUT2D eigenvalue weighted by atomic mass is 10.2. The van der Waals surface area contributed by atoms with Crippen molar-refractivity contribution in [2.24, 2.45) is 0 Å². The molecule has 0 aromatic rings. The first kappa shape index (κ1) is 13.1. The second-order valence-electron chi connectivity index (χ2n) is 3.50. The molecule has 0 spiro atoms. The molecule has 0 rings (SSSR count). The van der Waals surface area contributed by atoms with Gasteiger partial charge in [-0.3, -0.25) is 14.5 Å². The summed E-state index contributed by atoms with van der Waals surface area (Å²) in [6.07, 6.45) is 6.32. The highest BCUT2D eigenvalue weighted by molar-refractivity contribution is 5.85. The van der Waals surface area contributed by atoms with E-state index in [0.717, 1.165) is 19.3 Å². The van der Waals surface area contributed by atoms with Crippen molar-refractivity contribution in [3.8, 4) is 0 Å². The van der Waals surface area contributed by atoms with Crippen molar-refractivity contribution in [2.45, 2.75) is 52.4 Å². The van der Waals surface area contributed by atoms with Crippen LogP contribution in [-0.2, 0) is 9.59 Å². The largest absolute Gasteiger partial charge is 0.285 e. The topological polar surface area (TPSA) is 37.4 Å². The Labute approximate surface area is 86.5 Å². The van der Waals surface area contributed by atoms with Crippen LogP contribution in [0.1, 0.15) is 52.4 Å². The molecule has 0 fully saturated rings. The van der Waals surface area contributed by atoms with E-state index < -0.39 is 0 Å². The third-order valence-corrected chi connectivity index (χ3v) is 2.16. The van der Waals surface area contributed by atoms with Gasteiger partial charge in [0.1, 0.15) is 0 Å². The highest BCUT2D eigenvalue weighted by Gasteiger charge is 2.09. The Bertz CT molecular complexity index is 169. The smallest absolute Gasteiger partial charge is 0.228 e. The molecule has 0 aliphatic rings. The first-order chi connectivity index (χ1) is 6.76. The highest BCUT2D eigenvalue weighted by Crippen LogP contribution is 2.02. The fourth-order valence-corrected chi connectivity index (χ4v) is 1.30. The summed E-state index contributed by atoms with van der Waals surface area (Å²) < 4.78 is 0. The standard InChI is InChI=1S/C11H21NO2/c1-3-5-6-7-9-12(10-13)11(14)8-4-2/h10H,3-9H2,1-2H3. The van der Waals surface area contributed by atoms with Crippen molar-refractivity contribution < 1.29 is 9.59 Å². The molecule has 82 valence electrons. The molecule has 0 aliphatic carbocycles. The molecule has 0 N–H and O–H groups in total. The third-order valence-electron chi connectivity index (χ3n) is 2.16. The fourth-order valence-electron chi connectivity index (χ4n) is 1.30. The summed E-state index contributed by atoms with van der Waals surface area (Å²) in [6, 6.07) is 0. The Balaban J connectivity index is 3.67. The van der Waals surface area contributed by atoms with E-state index in [1.54, 1.807) is 0 Å². The monoisotopic (exact) mass is 199 g/mol. The second kappa shape index (κ2) is 8.73. The average Bonchev–Trinajstić information content (AvgIpc) is 2.18. The molecule has 0 saturated heterocycles. The van der Waals surface area contributed by atoms with E-state index in [1.807, 2.05) is 6.92 Å². The summed E-state index contributed by atoms with van der Waals surface area (Å²) in [4.78, 5) is 23.2. The van der Waals surface area contributed by atoms with Crippen molar-refractivity contribution in [1.82, 2.24) is 4.90 Å². The number of nitrogens with zero attached hydrogens (tertiary/aromatic N) is 1. The van der Waals surface area contributed by atoms with E-state index in [0.29, 0.717) is 19.4 Å². The lowest BCUT2D eigenvalue weighted by Gasteiger charge is -2.14. The van der Waals surface area contributed by atoms with E-state index in [9.17, 15) is 9.59 Å². The normalized spacial score (nSPS) is 9.86. The molecule has 0 bridgehead atoms. The maximum absolute atomic E-state index is 11.3. The minimum atomic E-state index is -0.0426. The number of hydrogen-bond acceptors (Lipinski definition) is 2. The molecule has 0 atom stereocenters.